The van der Waals surface area contributed by atoms with Crippen molar-refractivity contribution in [1.29, 1.82) is 0 Å². The SMILES string of the molecule is CN1CC(c2ccccc2)O[P+]12OC(c1ccccc1)CN2C. The lowest BCUT2D eigenvalue weighted by molar-refractivity contribution is 0.181. The summed E-state index contributed by atoms with van der Waals surface area (Å²) in [5.74, 6) is 0. The van der Waals surface area contributed by atoms with Crippen molar-refractivity contribution in [2.75, 3.05) is 27.2 Å². The smallest absolute Gasteiger partial charge is 0.162 e. The normalized spacial score (nSPS) is 31.9. The molecule has 0 radical (unpaired) electrons. The maximum absolute atomic E-state index is 6.51. The van der Waals surface area contributed by atoms with Gasteiger partial charge < -0.3 is 0 Å². The van der Waals surface area contributed by atoms with Crippen LogP contribution in [0.1, 0.15) is 23.3 Å². The molecule has 2 aliphatic heterocycles. The van der Waals surface area contributed by atoms with Crippen LogP contribution in [-0.4, -0.2) is 36.5 Å². The number of benzene rings is 2. The minimum Gasteiger partial charge on any atom is -0.162 e. The summed E-state index contributed by atoms with van der Waals surface area (Å²) in [5.41, 5.74) is 2.44. The van der Waals surface area contributed by atoms with Crippen LogP contribution in [0.4, 0.5) is 0 Å². The van der Waals surface area contributed by atoms with E-state index < -0.39 is 8.02 Å². The molecule has 2 aromatic rings. The van der Waals surface area contributed by atoms with Gasteiger partial charge in [0, 0.05) is 14.1 Å². The monoisotopic (exact) mass is 329 g/mol. The molecule has 2 aliphatic rings. The highest BCUT2D eigenvalue weighted by Crippen LogP contribution is 2.76. The molecule has 0 bridgehead atoms. The first-order valence-corrected chi connectivity index (χ1v) is 9.51. The molecule has 23 heavy (non-hydrogen) atoms. The van der Waals surface area contributed by atoms with E-state index in [-0.39, 0.29) is 12.2 Å². The van der Waals surface area contributed by atoms with Crippen LogP contribution >= 0.6 is 8.02 Å². The lowest BCUT2D eigenvalue weighted by Crippen LogP contribution is -2.23. The van der Waals surface area contributed by atoms with Gasteiger partial charge in [-0.25, -0.2) is 0 Å². The van der Waals surface area contributed by atoms with Crippen molar-refractivity contribution in [3.63, 3.8) is 0 Å². The van der Waals surface area contributed by atoms with Crippen LogP contribution in [0.2, 0.25) is 0 Å². The average molecular weight is 329 g/mol. The van der Waals surface area contributed by atoms with Crippen LogP contribution in [-0.2, 0) is 9.05 Å². The highest BCUT2D eigenvalue weighted by Gasteiger charge is 2.66. The van der Waals surface area contributed by atoms with Gasteiger partial charge in [0.1, 0.15) is 0 Å². The van der Waals surface area contributed by atoms with Crippen molar-refractivity contribution < 1.29 is 9.05 Å². The Balaban J connectivity index is 1.58. The maximum Gasteiger partial charge on any atom is 0.437 e. The standard InChI is InChI=1S/C18H22N2O2P/c1-19-13-17(15-9-5-3-6-10-15)21-23(19)20(2)14-18(22-23)16-11-7-4-8-12-16/h3-12,17-18H,13-14H2,1-2H3/q+1. The summed E-state index contributed by atoms with van der Waals surface area (Å²) in [4.78, 5) is 0. The van der Waals surface area contributed by atoms with Gasteiger partial charge in [0.25, 0.3) is 0 Å². The van der Waals surface area contributed by atoms with Crippen LogP contribution in [0.25, 0.3) is 0 Å². The van der Waals surface area contributed by atoms with Gasteiger partial charge in [0.15, 0.2) is 12.2 Å². The van der Waals surface area contributed by atoms with Gasteiger partial charge in [-0.3, -0.25) is 0 Å². The van der Waals surface area contributed by atoms with E-state index in [2.05, 4.69) is 72.0 Å². The van der Waals surface area contributed by atoms with E-state index in [9.17, 15) is 0 Å². The lowest BCUT2D eigenvalue weighted by Gasteiger charge is -2.22. The first-order chi connectivity index (χ1) is 11.2. The molecular weight excluding hydrogens is 307 g/mol. The molecule has 2 unspecified atom stereocenters. The summed E-state index contributed by atoms with van der Waals surface area (Å²) in [5, 5.41) is 0. The van der Waals surface area contributed by atoms with Crippen LogP contribution < -0.4 is 0 Å². The van der Waals surface area contributed by atoms with E-state index >= 15 is 0 Å². The average Bonchev–Trinajstić information content (AvgIpc) is 3.11. The molecule has 2 saturated heterocycles. The Morgan fingerprint density at radius 3 is 1.52 bits per heavy atom. The summed E-state index contributed by atoms with van der Waals surface area (Å²) in [7, 11) is 2.07. The van der Waals surface area contributed by atoms with Gasteiger partial charge in [-0.05, 0) is 11.1 Å². The Bertz CT molecular complexity index is 608. The molecule has 2 heterocycles. The topological polar surface area (TPSA) is 24.9 Å². The zero-order valence-electron chi connectivity index (χ0n) is 13.5. The maximum atomic E-state index is 6.51. The summed E-state index contributed by atoms with van der Waals surface area (Å²) < 4.78 is 17.6. The summed E-state index contributed by atoms with van der Waals surface area (Å²) in [6.45, 7) is 1.73. The molecule has 2 fully saturated rings. The molecule has 5 heteroatoms. The van der Waals surface area contributed by atoms with Gasteiger partial charge in [-0.2, -0.15) is 9.05 Å². The van der Waals surface area contributed by atoms with Crippen molar-refractivity contribution in [2.45, 2.75) is 12.2 Å². The van der Waals surface area contributed by atoms with Gasteiger partial charge in [0.2, 0.25) is 0 Å². The van der Waals surface area contributed by atoms with E-state index in [1.165, 1.54) is 11.1 Å². The highest BCUT2D eigenvalue weighted by molar-refractivity contribution is 7.62. The van der Waals surface area contributed by atoms with E-state index in [1.807, 2.05) is 12.1 Å². The molecule has 0 N–H and O–H groups in total. The largest absolute Gasteiger partial charge is 0.437 e. The lowest BCUT2D eigenvalue weighted by atomic mass is 10.1. The van der Waals surface area contributed by atoms with E-state index in [1.54, 1.807) is 0 Å². The molecule has 4 nitrogen and oxygen atoms in total. The predicted molar refractivity (Wildman–Crippen MR) is 92.7 cm³/mol. The molecule has 0 aromatic heterocycles. The van der Waals surface area contributed by atoms with Gasteiger partial charge >= 0.3 is 8.02 Å². The van der Waals surface area contributed by atoms with E-state index in [0.29, 0.717) is 0 Å². The summed E-state index contributed by atoms with van der Waals surface area (Å²) in [6, 6.07) is 20.9. The number of hydrogen-bond acceptors (Lipinski definition) is 4. The van der Waals surface area contributed by atoms with Crippen molar-refractivity contribution in [3.8, 4) is 0 Å². The first kappa shape index (κ1) is 15.3. The molecule has 1 spiro atoms. The Morgan fingerprint density at radius 1 is 0.739 bits per heavy atom. The quantitative estimate of drug-likeness (QED) is 0.776. The van der Waals surface area contributed by atoms with Crippen LogP contribution in [0.5, 0.6) is 0 Å². The van der Waals surface area contributed by atoms with Gasteiger partial charge in [-0.15, -0.1) is 9.34 Å². The molecule has 120 valence electrons. The highest BCUT2D eigenvalue weighted by atomic mass is 31.2. The number of hydrogen-bond donors (Lipinski definition) is 0. The fourth-order valence-corrected chi connectivity index (χ4v) is 6.32. The van der Waals surface area contributed by atoms with Gasteiger partial charge in [0.05, 0.1) is 13.1 Å². The second-order valence-electron chi connectivity index (χ2n) is 6.18. The molecule has 4 rings (SSSR count). The minimum absolute atomic E-state index is 0.0755. The summed E-state index contributed by atoms with van der Waals surface area (Å²) in [6.07, 6.45) is 0.151. The molecular formula is C18H22N2O2P+. The molecule has 2 atom stereocenters. The van der Waals surface area contributed by atoms with Crippen molar-refractivity contribution in [3.05, 3.63) is 71.8 Å². The van der Waals surface area contributed by atoms with Crippen molar-refractivity contribution in [2.24, 2.45) is 0 Å². The Morgan fingerprint density at radius 2 is 1.13 bits per heavy atom. The third-order valence-corrected chi connectivity index (χ3v) is 7.71. The van der Waals surface area contributed by atoms with E-state index in [0.717, 1.165) is 13.1 Å². The zero-order chi connectivity index (χ0) is 15.9. The third kappa shape index (κ3) is 2.61. The van der Waals surface area contributed by atoms with E-state index in [4.69, 9.17) is 9.05 Å². The fourth-order valence-electron chi connectivity index (χ4n) is 3.36. The number of likely N-dealkylation sites (N-methyl/N-ethyl adjacent to an activating group) is 2. The van der Waals surface area contributed by atoms with Crippen LogP contribution in [0.15, 0.2) is 60.7 Å². The third-order valence-electron chi connectivity index (χ3n) is 4.59. The Kier molecular flexibility index (Phi) is 3.96. The number of rotatable bonds is 2. The van der Waals surface area contributed by atoms with Crippen LogP contribution in [0, 0.1) is 0 Å². The second kappa shape index (κ2) is 5.97. The first-order valence-electron chi connectivity index (χ1n) is 7.98. The predicted octanol–water partition coefficient (Wildman–Crippen LogP) is 4.07. The number of nitrogens with zero attached hydrogens (tertiary/aromatic N) is 2. The fraction of sp³-hybridized carbons (Fsp3) is 0.333. The molecule has 2 aromatic carbocycles. The second-order valence-corrected chi connectivity index (χ2v) is 8.95. The Labute approximate surface area is 138 Å². The van der Waals surface area contributed by atoms with Crippen molar-refractivity contribution >= 4 is 8.02 Å². The minimum atomic E-state index is -2.16. The molecule has 0 aliphatic carbocycles. The summed E-state index contributed by atoms with van der Waals surface area (Å²) >= 11 is 0. The molecule has 0 amide bonds. The zero-order valence-corrected chi connectivity index (χ0v) is 14.4. The van der Waals surface area contributed by atoms with Crippen molar-refractivity contribution in [1.82, 2.24) is 9.34 Å². The molecule has 0 saturated carbocycles. The Hall–Kier alpha value is -1.29. The van der Waals surface area contributed by atoms with Crippen LogP contribution in [0.3, 0.4) is 0 Å². The van der Waals surface area contributed by atoms with Gasteiger partial charge in [-0.1, -0.05) is 60.7 Å².